The highest BCUT2D eigenvalue weighted by atomic mass is 16.5. The van der Waals surface area contributed by atoms with Crippen LogP contribution < -0.4 is 15.7 Å². The Morgan fingerprint density at radius 1 is 0.903 bits per heavy atom. The molecule has 2 heterocycles. The number of aromatic nitrogens is 2. The molecule has 152 valence electrons. The average molecular weight is 410 g/mol. The number of nitrogens with zero attached hydrogens (tertiary/aromatic N) is 2. The number of ether oxygens (including phenoxy) is 1. The van der Waals surface area contributed by atoms with Gasteiger partial charge in [-0.05, 0) is 42.0 Å². The van der Waals surface area contributed by atoms with Crippen molar-refractivity contribution in [3.63, 3.8) is 0 Å². The molecule has 0 aliphatic heterocycles. The molecule has 0 atom stereocenters. The van der Waals surface area contributed by atoms with E-state index in [0.29, 0.717) is 28.1 Å². The minimum Gasteiger partial charge on any atom is -0.497 e. The Kier molecular flexibility index (Phi) is 4.59. The molecule has 6 heteroatoms. The monoisotopic (exact) mass is 410 g/mol. The first kappa shape index (κ1) is 18.8. The predicted molar refractivity (Wildman–Crippen MR) is 120 cm³/mol. The lowest BCUT2D eigenvalue weighted by molar-refractivity contribution is 0.415. The molecular weight excluding hydrogens is 392 g/mol. The lowest BCUT2D eigenvalue weighted by Crippen LogP contribution is -2.28. The molecule has 0 spiro atoms. The predicted octanol–water partition coefficient (Wildman–Crippen LogP) is 4.23. The van der Waals surface area contributed by atoms with E-state index in [0.717, 1.165) is 5.56 Å². The Balaban J connectivity index is 1.84. The Morgan fingerprint density at radius 3 is 2.35 bits per heavy atom. The summed E-state index contributed by atoms with van der Waals surface area (Å²) in [5.74, 6) is 1.11. The fraction of sp³-hybridized carbons (Fsp3) is 0.0800. The van der Waals surface area contributed by atoms with E-state index in [1.54, 1.807) is 43.5 Å². The molecule has 5 rings (SSSR count). The maximum atomic E-state index is 13.6. The smallest absolute Gasteiger partial charge is 0.269 e. The summed E-state index contributed by atoms with van der Waals surface area (Å²) in [5, 5.41) is 0.309. The molecule has 0 saturated heterocycles. The molecule has 2 aromatic heterocycles. The van der Waals surface area contributed by atoms with E-state index in [9.17, 15) is 9.59 Å². The minimum atomic E-state index is -0.431. The van der Waals surface area contributed by atoms with Gasteiger partial charge in [0.15, 0.2) is 5.39 Å². The van der Waals surface area contributed by atoms with Crippen LogP contribution in [0.25, 0.3) is 33.5 Å². The molecule has 31 heavy (non-hydrogen) atoms. The van der Waals surface area contributed by atoms with E-state index in [-0.39, 0.29) is 23.1 Å². The molecule has 0 amide bonds. The molecule has 5 aromatic rings. The highest BCUT2D eigenvalue weighted by molar-refractivity contribution is 5.88. The molecule has 0 bridgehead atoms. The van der Waals surface area contributed by atoms with Crippen molar-refractivity contribution in [2.24, 2.45) is 0 Å². The fourth-order valence-electron chi connectivity index (χ4n) is 3.66. The highest BCUT2D eigenvalue weighted by Crippen LogP contribution is 2.23. The first-order valence-electron chi connectivity index (χ1n) is 9.80. The number of hydrogen-bond donors (Lipinski definition) is 0. The van der Waals surface area contributed by atoms with Gasteiger partial charge in [-0.1, -0.05) is 42.5 Å². The fourth-order valence-corrected chi connectivity index (χ4v) is 3.66. The van der Waals surface area contributed by atoms with Crippen LogP contribution in [0.4, 0.5) is 0 Å². The van der Waals surface area contributed by atoms with Gasteiger partial charge in [0.05, 0.1) is 19.0 Å². The van der Waals surface area contributed by atoms with E-state index < -0.39 is 5.56 Å². The lowest BCUT2D eigenvalue weighted by Gasteiger charge is -2.14. The minimum absolute atomic E-state index is 0.0313. The van der Waals surface area contributed by atoms with Crippen LogP contribution in [0.1, 0.15) is 5.56 Å². The SMILES string of the molecule is COc1ccc(-c2nc3oc4ccccc4c(=O)c3c(=O)n2Cc2ccccc2)cc1. The molecule has 0 aliphatic carbocycles. The van der Waals surface area contributed by atoms with Gasteiger partial charge < -0.3 is 9.15 Å². The van der Waals surface area contributed by atoms with E-state index in [4.69, 9.17) is 9.15 Å². The van der Waals surface area contributed by atoms with Crippen molar-refractivity contribution in [1.29, 1.82) is 0 Å². The molecule has 0 N–H and O–H groups in total. The second-order valence-corrected chi connectivity index (χ2v) is 7.15. The molecule has 0 saturated carbocycles. The van der Waals surface area contributed by atoms with Gasteiger partial charge in [0.2, 0.25) is 11.1 Å². The van der Waals surface area contributed by atoms with Crippen molar-refractivity contribution in [2.45, 2.75) is 6.54 Å². The van der Waals surface area contributed by atoms with Crippen molar-refractivity contribution < 1.29 is 9.15 Å². The average Bonchev–Trinajstić information content (AvgIpc) is 2.81. The van der Waals surface area contributed by atoms with Crippen LogP contribution in [0, 0.1) is 0 Å². The van der Waals surface area contributed by atoms with Crippen molar-refractivity contribution in [3.8, 4) is 17.1 Å². The van der Waals surface area contributed by atoms with Gasteiger partial charge in [-0.15, -0.1) is 0 Å². The number of fused-ring (bicyclic) bond motifs is 2. The Morgan fingerprint density at radius 2 is 1.61 bits per heavy atom. The summed E-state index contributed by atoms with van der Waals surface area (Å²) in [6, 6.07) is 23.7. The zero-order valence-corrected chi connectivity index (χ0v) is 16.7. The van der Waals surface area contributed by atoms with Gasteiger partial charge in [0, 0.05) is 5.56 Å². The van der Waals surface area contributed by atoms with E-state index in [1.807, 2.05) is 42.5 Å². The second kappa shape index (κ2) is 7.57. The van der Waals surface area contributed by atoms with E-state index >= 15 is 0 Å². The van der Waals surface area contributed by atoms with Gasteiger partial charge in [0.25, 0.3) is 5.56 Å². The Hall–Kier alpha value is -4.19. The van der Waals surface area contributed by atoms with Crippen LogP contribution in [0.15, 0.2) is 92.9 Å². The molecule has 0 aliphatic rings. The standard InChI is InChI=1S/C25H18N2O4/c1-30-18-13-11-17(12-14-18)23-26-24-21(22(28)19-9-5-6-10-20(19)31-24)25(29)27(23)15-16-7-3-2-4-8-16/h2-14H,15H2,1H3. The first-order valence-corrected chi connectivity index (χ1v) is 9.80. The van der Waals surface area contributed by atoms with Crippen molar-refractivity contribution in [1.82, 2.24) is 9.55 Å². The summed E-state index contributed by atoms with van der Waals surface area (Å²) in [4.78, 5) is 31.3. The van der Waals surface area contributed by atoms with Crippen molar-refractivity contribution in [2.75, 3.05) is 7.11 Å². The van der Waals surface area contributed by atoms with Crippen LogP contribution in [-0.4, -0.2) is 16.7 Å². The van der Waals surface area contributed by atoms with Crippen LogP contribution in [0.2, 0.25) is 0 Å². The van der Waals surface area contributed by atoms with Gasteiger partial charge in [-0.3, -0.25) is 14.2 Å². The zero-order chi connectivity index (χ0) is 21.4. The van der Waals surface area contributed by atoms with Crippen LogP contribution >= 0.6 is 0 Å². The van der Waals surface area contributed by atoms with Gasteiger partial charge in [-0.25, -0.2) is 0 Å². The topological polar surface area (TPSA) is 74.3 Å². The molecule has 0 unspecified atom stereocenters. The zero-order valence-electron chi connectivity index (χ0n) is 16.7. The van der Waals surface area contributed by atoms with Gasteiger partial charge in [0.1, 0.15) is 17.2 Å². The second-order valence-electron chi connectivity index (χ2n) is 7.15. The van der Waals surface area contributed by atoms with Crippen LogP contribution in [-0.2, 0) is 6.54 Å². The third-order valence-electron chi connectivity index (χ3n) is 5.23. The maximum Gasteiger partial charge on any atom is 0.269 e. The largest absolute Gasteiger partial charge is 0.497 e. The summed E-state index contributed by atoms with van der Waals surface area (Å²) in [6.45, 7) is 0.274. The normalized spacial score (nSPS) is 11.1. The van der Waals surface area contributed by atoms with Crippen molar-refractivity contribution in [3.05, 3.63) is 105 Å². The molecular formula is C25H18N2O4. The van der Waals surface area contributed by atoms with E-state index in [1.165, 1.54) is 4.57 Å². The molecule has 3 aromatic carbocycles. The number of methoxy groups -OCH3 is 1. The van der Waals surface area contributed by atoms with E-state index in [2.05, 4.69) is 4.98 Å². The highest BCUT2D eigenvalue weighted by Gasteiger charge is 2.19. The Bertz CT molecular complexity index is 1520. The number of hydrogen-bond acceptors (Lipinski definition) is 5. The summed E-state index contributed by atoms with van der Waals surface area (Å²) < 4.78 is 12.6. The number of rotatable bonds is 4. The third-order valence-corrected chi connectivity index (χ3v) is 5.23. The maximum absolute atomic E-state index is 13.6. The van der Waals surface area contributed by atoms with Gasteiger partial charge in [-0.2, -0.15) is 4.98 Å². The van der Waals surface area contributed by atoms with Crippen molar-refractivity contribution >= 4 is 22.1 Å². The molecule has 0 fully saturated rings. The molecule has 0 radical (unpaired) electrons. The summed E-state index contributed by atoms with van der Waals surface area (Å²) >= 11 is 0. The first-order chi connectivity index (χ1) is 15.2. The quantitative estimate of drug-likeness (QED) is 0.415. The van der Waals surface area contributed by atoms with Gasteiger partial charge >= 0.3 is 0 Å². The lowest BCUT2D eigenvalue weighted by atomic mass is 10.1. The number of para-hydroxylation sites is 1. The third kappa shape index (κ3) is 3.28. The van der Waals surface area contributed by atoms with Crippen LogP contribution in [0.3, 0.4) is 0 Å². The van der Waals surface area contributed by atoms with Crippen LogP contribution in [0.5, 0.6) is 5.75 Å². The summed E-state index contributed by atoms with van der Waals surface area (Å²) in [7, 11) is 1.59. The summed E-state index contributed by atoms with van der Waals surface area (Å²) in [5.41, 5.74) is 1.26. The Labute approximate surface area is 177 Å². The number of benzene rings is 3. The summed E-state index contributed by atoms with van der Waals surface area (Å²) in [6.07, 6.45) is 0. The molecule has 6 nitrogen and oxygen atoms in total.